The van der Waals surface area contributed by atoms with Crippen molar-refractivity contribution < 1.29 is 0 Å². The summed E-state index contributed by atoms with van der Waals surface area (Å²) < 4.78 is 0. The van der Waals surface area contributed by atoms with E-state index >= 15 is 0 Å². The Morgan fingerprint density at radius 1 is 0.842 bits per heavy atom. The summed E-state index contributed by atoms with van der Waals surface area (Å²) in [6.45, 7) is 0. The molecule has 1 aliphatic rings. The third-order valence-electron chi connectivity index (χ3n) is 3.28. The summed E-state index contributed by atoms with van der Waals surface area (Å²) >= 11 is 0. The predicted molar refractivity (Wildman–Crippen MR) is 74.5 cm³/mol. The highest BCUT2D eigenvalue weighted by Crippen LogP contribution is 2.37. The summed E-state index contributed by atoms with van der Waals surface area (Å²) in [6.07, 6.45) is 1.88. The molecular formula is C15H10N4. The predicted octanol–water partition coefficient (Wildman–Crippen LogP) is 3.20. The van der Waals surface area contributed by atoms with Gasteiger partial charge in [0.05, 0.1) is 11.4 Å². The molecule has 4 nitrogen and oxygen atoms in total. The highest BCUT2D eigenvalue weighted by atomic mass is 15.3. The molecule has 4 rings (SSSR count). The minimum absolute atomic E-state index is 0.870. The highest BCUT2D eigenvalue weighted by molar-refractivity contribution is 5.97. The lowest BCUT2D eigenvalue weighted by Crippen LogP contribution is -1.93. The van der Waals surface area contributed by atoms with E-state index in [2.05, 4.69) is 20.4 Å². The van der Waals surface area contributed by atoms with Gasteiger partial charge < -0.3 is 0 Å². The molecule has 0 aliphatic carbocycles. The first-order valence-corrected chi connectivity index (χ1v) is 6.07. The average Bonchev–Trinajstić information content (AvgIpc) is 2.92. The molecule has 1 aliphatic heterocycles. The van der Waals surface area contributed by atoms with Gasteiger partial charge in [-0.3, -0.25) is 10.1 Å². The van der Waals surface area contributed by atoms with Gasteiger partial charge in [-0.25, -0.2) is 0 Å². The van der Waals surface area contributed by atoms with Gasteiger partial charge in [-0.05, 0) is 6.07 Å². The molecule has 0 fully saturated rings. The summed E-state index contributed by atoms with van der Waals surface area (Å²) in [7, 11) is 0. The monoisotopic (exact) mass is 246 g/mol. The molecule has 0 amide bonds. The molecule has 2 heterocycles. The number of aromatic amines is 1. The fraction of sp³-hybridized carbons (Fsp3) is 0. The van der Waals surface area contributed by atoms with E-state index in [1.165, 1.54) is 0 Å². The third kappa shape index (κ3) is 1.50. The number of aliphatic imine (C=N–C) groups is 1. The van der Waals surface area contributed by atoms with Gasteiger partial charge in [-0.2, -0.15) is 0 Å². The number of nitrogens with zero attached hydrogens (tertiary/aromatic N) is 3. The van der Waals surface area contributed by atoms with Gasteiger partial charge in [-0.15, -0.1) is 5.10 Å². The van der Waals surface area contributed by atoms with E-state index in [-0.39, 0.29) is 0 Å². The summed E-state index contributed by atoms with van der Waals surface area (Å²) in [5.41, 5.74) is 5.82. The molecule has 0 radical (unpaired) electrons. The van der Waals surface area contributed by atoms with Crippen LogP contribution in [0.2, 0.25) is 0 Å². The standard InChI is InChI=1S/C15H10N4/c1-2-6-11-10(5-1)9-16-13-8-4-3-7-12(13)15-14(11)17-19-18-15/h1-9H,(H,17,18,19). The molecule has 19 heavy (non-hydrogen) atoms. The van der Waals surface area contributed by atoms with Crippen molar-refractivity contribution in [3.05, 3.63) is 54.1 Å². The largest absolute Gasteiger partial charge is 0.257 e. The summed E-state index contributed by atoms with van der Waals surface area (Å²) in [5.74, 6) is 0. The highest BCUT2D eigenvalue weighted by Gasteiger charge is 2.18. The van der Waals surface area contributed by atoms with E-state index in [0.717, 1.165) is 33.8 Å². The molecule has 2 aromatic carbocycles. The van der Waals surface area contributed by atoms with E-state index in [4.69, 9.17) is 0 Å². The molecule has 0 unspecified atom stereocenters. The van der Waals surface area contributed by atoms with Gasteiger partial charge in [0.15, 0.2) is 0 Å². The van der Waals surface area contributed by atoms with Crippen LogP contribution in [0.5, 0.6) is 0 Å². The minimum Gasteiger partial charge on any atom is -0.257 e. The van der Waals surface area contributed by atoms with Gasteiger partial charge in [-0.1, -0.05) is 47.7 Å². The Kier molecular flexibility index (Phi) is 2.08. The molecule has 3 aromatic rings. The first-order chi connectivity index (χ1) is 9.43. The summed E-state index contributed by atoms with van der Waals surface area (Å²) in [6, 6.07) is 16.1. The van der Waals surface area contributed by atoms with Gasteiger partial charge in [0.2, 0.25) is 0 Å². The maximum absolute atomic E-state index is 4.57. The summed E-state index contributed by atoms with van der Waals surface area (Å²) in [5, 5.41) is 11.2. The number of fused-ring (bicyclic) bond motifs is 5. The fourth-order valence-electron chi connectivity index (χ4n) is 2.37. The first kappa shape index (κ1) is 10.2. The van der Waals surface area contributed by atoms with Gasteiger partial charge in [0.1, 0.15) is 5.69 Å². The molecule has 90 valence electrons. The van der Waals surface area contributed by atoms with Crippen molar-refractivity contribution in [1.29, 1.82) is 0 Å². The normalized spacial score (nSPS) is 13.7. The van der Waals surface area contributed by atoms with Crippen LogP contribution in [-0.4, -0.2) is 21.6 Å². The van der Waals surface area contributed by atoms with Crippen LogP contribution in [0.15, 0.2) is 53.5 Å². The number of H-pyrrole nitrogens is 1. The average molecular weight is 246 g/mol. The van der Waals surface area contributed by atoms with Gasteiger partial charge in [0.25, 0.3) is 0 Å². The lowest BCUT2D eigenvalue weighted by molar-refractivity contribution is 0.944. The Morgan fingerprint density at radius 3 is 2.58 bits per heavy atom. The smallest absolute Gasteiger partial charge is 0.121 e. The minimum atomic E-state index is 0.870. The van der Waals surface area contributed by atoms with Crippen LogP contribution in [0, 0.1) is 0 Å². The maximum Gasteiger partial charge on any atom is 0.121 e. The van der Waals surface area contributed by atoms with Crippen molar-refractivity contribution in [2.24, 2.45) is 4.99 Å². The molecule has 0 saturated carbocycles. The molecule has 1 aromatic heterocycles. The molecule has 0 spiro atoms. The molecule has 1 N–H and O–H groups in total. The fourth-order valence-corrected chi connectivity index (χ4v) is 2.37. The number of benzene rings is 2. The Bertz CT molecular complexity index is 722. The molecular weight excluding hydrogens is 236 g/mol. The van der Waals surface area contributed by atoms with Crippen LogP contribution in [0.4, 0.5) is 5.69 Å². The van der Waals surface area contributed by atoms with Crippen LogP contribution in [0.1, 0.15) is 5.56 Å². The Hall–Kier alpha value is -2.75. The zero-order valence-electron chi connectivity index (χ0n) is 10.0. The van der Waals surface area contributed by atoms with Crippen molar-refractivity contribution in [3.63, 3.8) is 0 Å². The lowest BCUT2D eigenvalue weighted by Gasteiger charge is -2.10. The molecule has 4 heteroatoms. The van der Waals surface area contributed by atoms with Crippen LogP contribution in [0.3, 0.4) is 0 Å². The van der Waals surface area contributed by atoms with E-state index in [1.54, 1.807) is 0 Å². The molecule has 0 saturated heterocycles. The van der Waals surface area contributed by atoms with Crippen molar-refractivity contribution in [1.82, 2.24) is 15.4 Å². The lowest BCUT2D eigenvalue weighted by atomic mass is 9.98. The van der Waals surface area contributed by atoms with Crippen molar-refractivity contribution >= 4 is 11.9 Å². The topological polar surface area (TPSA) is 53.9 Å². The molecule has 0 bridgehead atoms. The van der Waals surface area contributed by atoms with Crippen molar-refractivity contribution in [2.75, 3.05) is 0 Å². The number of nitrogens with one attached hydrogen (secondary N) is 1. The van der Waals surface area contributed by atoms with E-state index in [9.17, 15) is 0 Å². The second kappa shape index (κ2) is 3.88. The van der Waals surface area contributed by atoms with Crippen LogP contribution in [0.25, 0.3) is 22.5 Å². The number of rotatable bonds is 0. The van der Waals surface area contributed by atoms with Crippen LogP contribution < -0.4 is 0 Å². The first-order valence-electron chi connectivity index (χ1n) is 6.07. The summed E-state index contributed by atoms with van der Waals surface area (Å²) in [4.78, 5) is 4.57. The second-order valence-electron chi connectivity index (χ2n) is 4.40. The van der Waals surface area contributed by atoms with Gasteiger partial charge in [0, 0.05) is 22.9 Å². The van der Waals surface area contributed by atoms with E-state index in [0.29, 0.717) is 0 Å². The maximum atomic E-state index is 4.57. The number of hydrogen-bond donors (Lipinski definition) is 1. The number of hydrogen-bond acceptors (Lipinski definition) is 3. The third-order valence-corrected chi connectivity index (χ3v) is 3.28. The van der Waals surface area contributed by atoms with Crippen LogP contribution >= 0.6 is 0 Å². The molecule has 0 atom stereocenters. The van der Waals surface area contributed by atoms with E-state index < -0.39 is 0 Å². The zero-order valence-corrected chi connectivity index (χ0v) is 10.0. The zero-order chi connectivity index (χ0) is 12.7. The van der Waals surface area contributed by atoms with Crippen molar-refractivity contribution in [2.45, 2.75) is 0 Å². The number of aromatic nitrogens is 3. The Balaban J connectivity index is 2.11. The van der Waals surface area contributed by atoms with Crippen LogP contribution in [-0.2, 0) is 0 Å². The van der Waals surface area contributed by atoms with Crippen molar-refractivity contribution in [3.8, 4) is 22.5 Å². The van der Waals surface area contributed by atoms with Gasteiger partial charge >= 0.3 is 0 Å². The quantitative estimate of drug-likeness (QED) is 0.518. The second-order valence-corrected chi connectivity index (χ2v) is 4.40. The Morgan fingerprint density at radius 2 is 1.63 bits per heavy atom. The Labute approximate surface area is 109 Å². The number of para-hydroxylation sites is 1. The SMILES string of the molecule is C1=N\c2ccccc2-c2[nH]nnc2-c2ccccc2/1. The van der Waals surface area contributed by atoms with E-state index in [1.807, 2.05) is 54.7 Å².